The zero-order chi connectivity index (χ0) is 16.4. The lowest BCUT2D eigenvalue weighted by Crippen LogP contribution is -2.13. The molecule has 0 amide bonds. The minimum absolute atomic E-state index is 0.0224. The third kappa shape index (κ3) is 3.43. The van der Waals surface area contributed by atoms with Crippen molar-refractivity contribution in [1.82, 2.24) is 9.97 Å². The molecule has 0 N–H and O–H groups in total. The van der Waals surface area contributed by atoms with Gasteiger partial charge in [-0.2, -0.15) is 0 Å². The molecule has 0 radical (unpaired) electrons. The van der Waals surface area contributed by atoms with Crippen LogP contribution >= 0.6 is 11.6 Å². The minimum atomic E-state index is 0.0224. The number of rotatable bonds is 2. The SMILES string of the molecule is CC(C)(C)c1cc(-c2ccnc(-c3ccccc3Cl)c2)ccn1. The second-order valence-electron chi connectivity index (χ2n) is 6.59. The number of pyridine rings is 2. The molecular weight excluding hydrogens is 304 g/mol. The van der Waals surface area contributed by atoms with Gasteiger partial charge in [0, 0.05) is 34.1 Å². The van der Waals surface area contributed by atoms with E-state index in [9.17, 15) is 0 Å². The first-order valence-electron chi connectivity index (χ1n) is 7.63. The highest BCUT2D eigenvalue weighted by atomic mass is 35.5. The van der Waals surface area contributed by atoms with Gasteiger partial charge >= 0.3 is 0 Å². The van der Waals surface area contributed by atoms with Gasteiger partial charge in [0.1, 0.15) is 0 Å². The Morgan fingerprint density at radius 3 is 2.17 bits per heavy atom. The van der Waals surface area contributed by atoms with Gasteiger partial charge < -0.3 is 0 Å². The summed E-state index contributed by atoms with van der Waals surface area (Å²) in [6.07, 6.45) is 3.69. The van der Waals surface area contributed by atoms with Gasteiger partial charge in [-0.05, 0) is 41.5 Å². The predicted octanol–water partition coefficient (Wildman–Crippen LogP) is 5.76. The topological polar surface area (TPSA) is 25.8 Å². The molecule has 0 atom stereocenters. The van der Waals surface area contributed by atoms with Gasteiger partial charge in [0.25, 0.3) is 0 Å². The van der Waals surface area contributed by atoms with Gasteiger partial charge in [-0.3, -0.25) is 9.97 Å². The third-order valence-electron chi connectivity index (χ3n) is 3.77. The molecule has 0 fully saturated rings. The van der Waals surface area contributed by atoms with Crippen molar-refractivity contribution < 1.29 is 0 Å². The molecule has 0 saturated heterocycles. The van der Waals surface area contributed by atoms with Crippen molar-refractivity contribution in [3.05, 3.63) is 71.6 Å². The summed E-state index contributed by atoms with van der Waals surface area (Å²) >= 11 is 6.29. The number of hydrogen-bond donors (Lipinski definition) is 0. The van der Waals surface area contributed by atoms with Crippen LogP contribution in [0.2, 0.25) is 5.02 Å². The molecule has 2 nitrogen and oxygen atoms in total. The molecule has 0 saturated carbocycles. The van der Waals surface area contributed by atoms with Crippen LogP contribution in [0.15, 0.2) is 60.9 Å². The Hall–Kier alpha value is -2.19. The van der Waals surface area contributed by atoms with Crippen LogP contribution in [0.1, 0.15) is 26.5 Å². The molecular formula is C20H19ClN2. The number of halogens is 1. The molecule has 0 unspecified atom stereocenters. The maximum absolute atomic E-state index is 6.29. The monoisotopic (exact) mass is 322 g/mol. The standard InChI is InChI=1S/C20H19ClN2/c1-20(2,3)19-13-15(9-11-23-19)14-8-10-22-18(12-14)16-6-4-5-7-17(16)21/h4-13H,1-3H3. The molecule has 23 heavy (non-hydrogen) atoms. The Labute approximate surface area is 142 Å². The van der Waals surface area contributed by atoms with E-state index in [1.54, 1.807) is 0 Å². The molecule has 3 aromatic rings. The number of aromatic nitrogens is 2. The van der Waals surface area contributed by atoms with E-state index in [0.717, 1.165) is 28.1 Å². The Morgan fingerprint density at radius 2 is 1.48 bits per heavy atom. The maximum Gasteiger partial charge on any atom is 0.0723 e. The summed E-state index contributed by atoms with van der Waals surface area (Å²) in [4.78, 5) is 8.96. The highest BCUT2D eigenvalue weighted by molar-refractivity contribution is 6.33. The van der Waals surface area contributed by atoms with Gasteiger partial charge in [-0.1, -0.05) is 50.6 Å². The normalized spacial score (nSPS) is 11.5. The van der Waals surface area contributed by atoms with E-state index in [1.807, 2.05) is 48.8 Å². The first-order chi connectivity index (χ1) is 10.9. The summed E-state index contributed by atoms with van der Waals surface area (Å²) in [6.45, 7) is 6.50. The van der Waals surface area contributed by atoms with E-state index in [2.05, 4.69) is 42.9 Å². The van der Waals surface area contributed by atoms with Crippen molar-refractivity contribution in [3.63, 3.8) is 0 Å². The second kappa shape index (κ2) is 6.13. The van der Waals surface area contributed by atoms with Crippen LogP contribution < -0.4 is 0 Å². The zero-order valence-corrected chi connectivity index (χ0v) is 14.3. The fraction of sp³-hybridized carbons (Fsp3) is 0.200. The van der Waals surface area contributed by atoms with E-state index >= 15 is 0 Å². The summed E-state index contributed by atoms with van der Waals surface area (Å²) in [5.74, 6) is 0. The fourth-order valence-electron chi connectivity index (χ4n) is 2.45. The summed E-state index contributed by atoms with van der Waals surface area (Å²) in [7, 11) is 0. The smallest absolute Gasteiger partial charge is 0.0723 e. The van der Waals surface area contributed by atoms with Crippen LogP contribution in [0.25, 0.3) is 22.4 Å². The van der Waals surface area contributed by atoms with Crippen LogP contribution in [0, 0.1) is 0 Å². The van der Waals surface area contributed by atoms with Gasteiger partial charge in [0.05, 0.1) is 5.69 Å². The van der Waals surface area contributed by atoms with Crippen molar-refractivity contribution in [2.45, 2.75) is 26.2 Å². The fourth-order valence-corrected chi connectivity index (χ4v) is 2.68. The number of nitrogens with zero attached hydrogens (tertiary/aromatic N) is 2. The molecule has 0 spiro atoms. The van der Waals surface area contributed by atoms with E-state index in [0.29, 0.717) is 5.02 Å². The van der Waals surface area contributed by atoms with Crippen LogP contribution in [0.5, 0.6) is 0 Å². The van der Waals surface area contributed by atoms with E-state index in [-0.39, 0.29) is 5.41 Å². The van der Waals surface area contributed by atoms with Crippen LogP contribution in [0.3, 0.4) is 0 Å². The summed E-state index contributed by atoms with van der Waals surface area (Å²) in [5, 5.41) is 0.710. The number of benzene rings is 1. The molecule has 3 rings (SSSR count). The third-order valence-corrected chi connectivity index (χ3v) is 4.10. The van der Waals surface area contributed by atoms with Crippen molar-refractivity contribution in [2.24, 2.45) is 0 Å². The predicted molar refractivity (Wildman–Crippen MR) is 96.6 cm³/mol. The Bertz CT molecular complexity index is 835. The first kappa shape index (κ1) is 15.7. The van der Waals surface area contributed by atoms with Crippen molar-refractivity contribution in [3.8, 4) is 22.4 Å². The quantitative estimate of drug-likeness (QED) is 0.599. The van der Waals surface area contributed by atoms with Crippen molar-refractivity contribution >= 4 is 11.6 Å². The molecule has 2 heterocycles. The minimum Gasteiger partial charge on any atom is -0.261 e. The van der Waals surface area contributed by atoms with Crippen molar-refractivity contribution in [1.29, 1.82) is 0 Å². The average molecular weight is 323 g/mol. The van der Waals surface area contributed by atoms with Gasteiger partial charge in [-0.25, -0.2) is 0 Å². The van der Waals surface area contributed by atoms with Crippen LogP contribution in [-0.2, 0) is 5.41 Å². The van der Waals surface area contributed by atoms with Crippen molar-refractivity contribution in [2.75, 3.05) is 0 Å². The summed E-state index contributed by atoms with van der Waals surface area (Å²) < 4.78 is 0. The summed E-state index contributed by atoms with van der Waals surface area (Å²) in [5.41, 5.74) is 5.17. The van der Waals surface area contributed by atoms with E-state index in [1.165, 1.54) is 0 Å². The molecule has 3 heteroatoms. The molecule has 0 aliphatic heterocycles. The van der Waals surface area contributed by atoms with Gasteiger partial charge in [0.2, 0.25) is 0 Å². The second-order valence-corrected chi connectivity index (χ2v) is 7.00. The molecule has 1 aromatic carbocycles. The zero-order valence-electron chi connectivity index (χ0n) is 13.5. The van der Waals surface area contributed by atoms with E-state index < -0.39 is 0 Å². The first-order valence-corrected chi connectivity index (χ1v) is 8.01. The van der Waals surface area contributed by atoms with Crippen LogP contribution in [-0.4, -0.2) is 9.97 Å². The summed E-state index contributed by atoms with van der Waals surface area (Å²) in [6, 6.07) is 16.0. The number of hydrogen-bond acceptors (Lipinski definition) is 2. The largest absolute Gasteiger partial charge is 0.261 e. The van der Waals surface area contributed by atoms with Crippen LogP contribution in [0.4, 0.5) is 0 Å². The maximum atomic E-state index is 6.29. The van der Waals surface area contributed by atoms with Gasteiger partial charge in [0.15, 0.2) is 0 Å². The highest BCUT2D eigenvalue weighted by Gasteiger charge is 2.16. The highest BCUT2D eigenvalue weighted by Crippen LogP contribution is 2.30. The van der Waals surface area contributed by atoms with Gasteiger partial charge in [-0.15, -0.1) is 0 Å². The Balaban J connectivity index is 2.06. The molecule has 0 aliphatic carbocycles. The molecule has 116 valence electrons. The average Bonchev–Trinajstić information content (AvgIpc) is 2.55. The Kier molecular flexibility index (Phi) is 4.18. The lowest BCUT2D eigenvalue weighted by Gasteiger charge is -2.18. The molecule has 0 bridgehead atoms. The lowest BCUT2D eigenvalue weighted by molar-refractivity contribution is 0.569. The lowest BCUT2D eigenvalue weighted by atomic mass is 9.90. The van der Waals surface area contributed by atoms with E-state index in [4.69, 9.17) is 11.6 Å². The molecule has 0 aliphatic rings. The molecule has 2 aromatic heterocycles. The Morgan fingerprint density at radius 1 is 0.826 bits per heavy atom.